The number of ether oxygens (including phenoxy) is 2. The van der Waals surface area contributed by atoms with Crippen LogP contribution in [0.15, 0.2) is 30.3 Å². The zero-order valence-corrected chi connectivity index (χ0v) is 9.70. The number of nitrogens with two attached hydrogens (primary N) is 1. The molecule has 0 aliphatic rings. The molecule has 0 heterocycles. The summed E-state index contributed by atoms with van der Waals surface area (Å²) in [4.78, 5) is 11.4. The summed E-state index contributed by atoms with van der Waals surface area (Å²) in [6, 6.07) is 8.43. The Balaban J connectivity index is 2.29. The number of hydrogen-bond donors (Lipinski definition) is 2. The monoisotopic (exact) mass is 239 g/mol. The molecule has 0 radical (unpaired) electrons. The third-order valence-electron chi connectivity index (χ3n) is 2.04. The second kappa shape index (κ2) is 7.01. The van der Waals surface area contributed by atoms with Gasteiger partial charge < -0.3 is 20.3 Å². The summed E-state index contributed by atoms with van der Waals surface area (Å²) in [5.41, 5.74) is 6.41. The van der Waals surface area contributed by atoms with E-state index in [2.05, 4.69) is 0 Å². The van der Waals surface area contributed by atoms with E-state index in [1.165, 1.54) is 6.92 Å². The second-order valence-electron chi connectivity index (χ2n) is 3.63. The van der Waals surface area contributed by atoms with Gasteiger partial charge in [0, 0.05) is 0 Å². The van der Waals surface area contributed by atoms with Crippen molar-refractivity contribution in [3.63, 3.8) is 0 Å². The van der Waals surface area contributed by atoms with Crippen LogP contribution in [0.2, 0.25) is 0 Å². The molecule has 0 fully saturated rings. The van der Waals surface area contributed by atoms with Crippen LogP contribution in [0.1, 0.15) is 12.5 Å². The molecule has 5 heteroatoms. The van der Waals surface area contributed by atoms with Crippen molar-refractivity contribution in [2.75, 3.05) is 6.61 Å². The quantitative estimate of drug-likeness (QED) is 0.555. The molecule has 0 amide bonds. The number of benzene rings is 1. The lowest BCUT2D eigenvalue weighted by atomic mass is 10.2. The van der Waals surface area contributed by atoms with Crippen LogP contribution in [-0.2, 0) is 20.9 Å². The lowest BCUT2D eigenvalue weighted by Crippen LogP contribution is -2.37. The molecule has 0 aliphatic heterocycles. The maximum Gasteiger partial charge on any atom is 0.325 e. The Bertz CT molecular complexity index is 340. The van der Waals surface area contributed by atoms with Crippen LogP contribution in [0, 0.1) is 0 Å². The van der Waals surface area contributed by atoms with E-state index in [0.29, 0.717) is 0 Å². The molecule has 94 valence electrons. The van der Waals surface area contributed by atoms with Crippen LogP contribution in [0.5, 0.6) is 0 Å². The van der Waals surface area contributed by atoms with Gasteiger partial charge in [-0.1, -0.05) is 30.3 Å². The lowest BCUT2D eigenvalue weighted by molar-refractivity contribution is -0.151. The molecule has 1 aromatic rings. The van der Waals surface area contributed by atoms with E-state index in [1.54, 1.807) is 0 Å². The van der Waals surface area contributed by atoms with Crippen molar-refractivity contribution in [2.45, 2.75) is 25.9 Å². The van der Waals surface area contributed by atoms with Crippen molar-refractivity contribution in [1.29, 1.82) is 0 Å². The third-order valence-corrected chi connectivity index (χ3v) is 2.04. The number of hydrogen-bond acceptors (Lipinski definition) is 5. The highest BCUT2D eigenvalue weighted by atomic mass is 16.6. The SMILES string of the molecule is CC(O)OCC(N)C(=O)OCc1ccccc1. The Kier molecular flexibility index (Phi) is 5.62. The molecule has 0 bridgehead atoms. The first-order valence-corrected chi connectivity index (χ1v) is 5.35. The number of rotatable bonds is 6. The first-order valence-electron chi connectivity index (χ1n) is 5.35. The minimum absolute atomic E-state index is 0.0642. The number of aliphatic hydroxyl groups is 1. The number of esters is 1. The van der Waals surface area contributed by atoms with E-state index in [4.69, 9.17) is 20.3 Å². The largest absolute Gasteiger partial charge is 0.460 e. The minimum Gasteiger partial charge on any atom is -0.460 e. The first kappa shape index (κ1) is 13.6. The van der Waals surface area contributed by atoms with Gasteiger partial charge in [0.2, 0.25) is 0 Å². The fourth-order valence-corrected chi connectivity index (χ4v) is 1.15. The molecule has 1 aromatic carbocycles. The Hall–Kier alpha value is -1.43. The summed E-state index contributed by atoms with van der Waals surface area (Å²) in [6.45, 7) is 1.56. The summed E-state index contributed by atoms with van der Waals surface area (Å²) in [5.74, 6) is -0.547. The van der Waals surface area contributed by atoms with E-state index >= 15 is 0 Å². The molecule has 0 aromatic heterocycles. The van der Waals surface area contributed by atoms with Gasteiger partial charge in [-0.3, -0.25) is 4.79 Å². The topological polar surface area (TPSA) is 81.8 Å². The minimum atomic E-state index is -0.942. The van der Waals surface area contributed by atoms with Crippen LogP contribution in [0.4, 0.5) is 0 Å². The average Bonchev–Trinajstić information content (AvgIpc) is 2.34. The average molecular weight is 239 g/mol. The fraction of sp³-hybridized carbons (Fsp3) is 0.417. The molecule has 0 saturated heterocycles. The van der Waals surface area contributed by atoms with E-state index in [0.717, 1.165) is 5.56 Å². The van der Waals surface area contributed by atoms with E-state index < -0.39 is 18.3 Å². The van der Waals surface area contributed by atoms with Gasteiger partial charge in [0.15, 0.2) is 6.29 Å². The van der Waals surface area contributed by atoms with Crippen molar-refractivity contribution >= 4 is 5.97 Å². The predicted molar refractivity (Wildman–Crippen MR) is 61.8 cm³/mol. The molecule has 5 nitrogen and oxygen atoms in total. The fourth-order valence-electron chi connectivity index (χ4n) is 1.15. The summed E-state index contributed by atoms with van der Waals surface area (Å²) in [7, 11) is 0. The maximum atomic E-state index is 11.4. The normalized spacial score (nSPS) is 14.1. The van der Waals surface area contributed by atoms with Gasteiger partial charge in [0.1, 0.15) is 12.6 Å². The molecule has 0 aliphatic carbocycles. The predicted octanol–water partition coefficient (Wildman–Crippen LogP) is 0.412. The first-order chi connectivity index (χ1) is 8.09. The van der Waals surface area contributed by atoms with Gasteiger partial charge in [-0.2, -0.15) is 0 Å². The molecule has 0 saturated carbocycles. The van der Waals surface area contributed by atoms with Crippen molar-refractivity contribution in [2.24, 2.45) is 5.73 Å². The van der Waals surface area contributed by atoms with Crippen LogP contribution in [0.3, 0.4) is 0 Å². The van der Waals surface area contributed by atoms with Gasteiger partial charge in [-0.05, 0) is 12.5 Å². The Labute approximate surface area is 100 Å². The third kappa shape index (κ3) is 5.44. The molecule has 3 N–H and O–H groups in total. The number of carbonyl (C=O) groups is 1. The Morgan fingerprint density at radius 3 is 2.65 bits per heavy atom. The van der Waals surface area contributed by atoms with E-state index in [9.17, 15) is 4.79 Å². The molecule has 2 unspecified atom stereocenters. The van der Waals surface area contributed by atoms with Crippen molar-refractivity contribution in [3.05, 3.63) is 35.9 Å². The Morgan fingerprint density at radius 1 is 1.41 bits per heavy atom. The second-order valence-corrected chi connectivity index (χ2v) is 3.63. The van der Waals surface area contributed by atoms with Crippen LogP contribution < -0.4 is 5.73 Å². The van der Waals surface area contributed by atoms with Crippen molar-refractivity contribution in [3.8, 4) is 0 Å². The molecular formula is C12H17NO4. The van der Waals surface area contributed by atoms with Gasteiger partial charge in [0.25, 0.3) is 0 Å². The standard InChI is InChI=1S/C12H17NO4/c1-9(14)16-8-11(13)12(15)17-7-10-5-3-2-4-6-10/h2-6,9,11,14H,7-8,13H2,1H3. The molecule has 2 atom stereocenters. The van der Waals surface area contributed by atoms with Gasteiger partial charge in [-0.15, -0.1) is 0 Å². The van der Waals surface area contributed by atoms with Crippen LogP contribution >= 0.6 is 0 Å². The number of aliphatic hydroxyl groups excluding tert-OH is 1. The van der Waals surface area contributed by atoms with Gasteiger partial charge >= 0.3 is 5.97 Å². The summed E-state index contributed by atoms with van der Waals surface area (Å²) in [6.07, 6.45) is -0.942. The van der Waals surface area contributed by atoms with Crippen LogP contribution in [0.25, 0.3) is 0 Å². The summed E-state index contributed by atoms with van der Waals surface area (Å²) >= 11 is 0. The highest BCUT2D eigenvalue weighted by molar-refractivity contribution is 5.75. The van der Waals surface area contributed by atoms with Crippen molar-refractivity contribution < 1.29 is 19.4 Å². The molecule has 17 heavy (non-hydrogen) atoms. The van der Waals surface area contributed by atoms with Gasteiger partial charge in [-0.25, -0.2) is 0 Å². The maximum absolute atomic E-state index is 11.4. The van der Waals surface area contributed by atoms with Gasteiger partial charge in [0.05, 0.1) is 6.61 Å². The Morgan fingerprint density at radius 2 is 2.06 bits per heavy atom. The lowest BCUT2D eigenvalue weighted by Gasteiger charge is -2.13. The molecule has 1 rings (SSSR count). The van der Waals surface area contributed by atoms with E-state index in [-0.39, 0.29) is 13.2 Å². The number of carbonyl (C=O) groups excluding carboxylic acids is 1. The molecular weight excluding hydrogens is 222 g/mol. The zero-order chi connectivity index (χ0) is 12.7. The summed E-state index contributed by atoms with van der Waals surface area (Å²) in [5, 5.41) is 8.86. The highest BCUT2D eigenvalue weighted by Crippen LogP contribution is 2.01. The van der Waals surface area contributed by atoms with Crippen molar-refractivity contribution in [1.82, 2.24) is 0 Å². The molecule has 0 spiro atoms. The smallest absolute Gasteiger partial charge is 0.325 e. The summed E-state index contributed by atoms with van der Waals surface area (Å²) < 4.78 is 9.80. The highest BCUT2D eigenvalue weighted by Gasteiger charge is 2.16. The van der Waals surface area contributed by atoms with Crippen LogP contribution in [-0.4, -0.2) is 30.0 Å². The zero-order valence-electron chi connectivity index (χ0n) is 9.70. The van der Waals surface area contributed by atoms with E-state index in [1.807, 2.05) is 30.3 Å².